The van der Waals surface area contributed by atoms with Gasteiger partial charge in [-0.25, -0.2) is 0 Å². The van der Waals surface area contributed by atoms with E-state index in [9.17, 15) is 14.9 Å². The van der Waals surface area contributed by atoms with Crippen molar-refractivity contribution in [1.29, 1.82) is 5.26 Å². The van der Waals surface area contributed by atoms with E-state index in [1.807, 2.05) is 67.6 Å². The Balaban J connectivity index is 1.70. The highest BCUT2D eigenvalue weighted by Gasteiger charge is 2.43. The van der Waals surface area contributed by atoms with Crippen LogP contribution in [0, 0.1) is 11.3 Å². The first kappa shape index (κ1) is 19.4. The van der Waals surface area contributed by atoms with E-state index in [4.69, 9.17) is 0 Å². The van der Waals surface area contributed by atoms with Gasteiger partial charge in [0.15, 0.2) is 0 Å². The number of fused-ring (bicyclic) bond motifs is 1. The molecule has 1 heterocycles. The third kappa shape index (κ3) is 3.56. The molecule has 3 aromatic carbocycles. The summed E-state index contributed by atoms with van der Waals surface area (Å²) in [5.41, 5.74) is 3.39. The minimum atomic E-state index is -0.792. The lowest BCUT2D eigenvalue weighted by Gasteiger charge is -2.31. The highest BCUT2D eigenvalue weighted by molar-refractivity contribution is 6.05. The van der Waals surface area contributed by atoms with Crippen LogP contribution in [0.4, 0.5) is 0 Å². The molecule has 0 radical (unpaired) electrons. The molecule has 4 rings (SSSR count). The van der Waals surface area contributed by atoms with Gasteiger partial charge in [-0.1, -0.05) is 60.7 Å². The van der Waals surface area contributed by atoms with E-state index in [-0.39, 0.29) is 17.9 Å². The van der Waals surface area contributed by atoms with Crippen molar-refractivity contribution in [3.05, 3.63) is 107 Å². The molecule has 1 aliphatic heterocycles. The molecule has 0 aromatic heterocycles. The molecule has 0 unspecified atom stereocenters. The van der Waals surface area contributed by atoms with Crippen LogP contribution in [-0.2, 0) is 11.3 Å². The van der Waals surface area contributed by atoms with Gasteiger partial charge in [-0.05, 0) is 41.8 Å². The number of nitrogens with one attached hydrogen (secondary N) is 1. The molecule has 30 heavy (non-hydrogen) atoms. The maximum atomic E-state index is 13.3. The van der Waals surface area contributed by atoms with E-state index < -0.39 is 6.04 Å². The Morgan fingerprint density at radius 3 is 2.40 bits per heavy atom. The van der Waals surface area contributed by atoms with E-state index in [2.05, 4.69) is 11.4 Å². The maximum Gasteiger partial charge on any atom is 0.255 e. The van der Waals surface area contributed by atoms with Crippen LogP contribution in [0.15, 0.2) is 78.9 Å². The van der Waals surface area contributed by atoms with Crippen LogP contribution in [0.1, 0.15) is 51.6 Å². The fourth-order valence-electron chi connectivity index (χ4n) is 3.90. The summed E-state index contributed by atoms with van der Waals surface area (Å²) in [5, 5.41) is 12.3. The zero-order valence-corrected chi connectivity index (χ0v) is 16.6. The number of benzene rings is 3. The molecule has 148 valence electrons. The van der Waals surface area contributed by atoms with E-state index in [1.54, 1.807) is 23.1 Å². The van der Waals surface area contributed by atoms with Crippen molar-refractivity contribution < 1.29 is 9.59 Å². The minimum Gasteiger partial charge on any atom is -0.350 e. The number of hydrogen-bond donors (Lipinski definition) is 1. The Hall–Kier alpha value is -3.91. The number of carbonyl (C=O) groups excluding carboxylic acids is 2. The topological polar surface area (TPSA) is 73.2 Å². The highest BCUT2D eigenvalue weighted by Crippen LogP contribution is 2.40. The van der Waals surface area contributed by atoms with Crippen LogP contribution in [-0.4, -0.2) is 16.7 Å². The van der Waals surface area contributed by atoms with Gasteiger partial charge in [-0.15, -0.1) is 0 Å². The summed E-state index contributed by atoms with van der Waals surface area (Å²) in [5.74, 6) is -0.463. The molecule has 2 atom stereocenters. The van der Waals surface area contributed by atoms with Gasteiger partial charge in [0.25, 0.3) is 5.91 Å². The lowest BCUT2D eigenvalue weighted by Crippen LogP contribution is -2.40. The summed E-state index contributed by atoms with van der Waals surface area (Å²) in [6.45, 7) is 2.28. The predicted octanol–water partition coefficient (Wildman–Crippen LogP) is 4.13. The zero-order valence-electron chi connectivity index (χ0n) is 16.6. The Bertz CT molecular complexity index is 1120. The molecule has 0 saturated carbocycles. The van der Waals surface area contributed by atoms with Gasteiger partial charge in [0, 0.05) is 12.1 Å². The molecule has 0 saturated heterocycles. The van der Waals surface area contributed by atoms with Crippen molar-refractivity contribution in [3.8, 4) is 6.07 Å². The van der Waals surface area contributed by atoms with E-state index >= 15 is 0 Å². The van der Waals surface area contributed by atoms with Crippen molar-refractivity contribution in [2.45, 2.75) is 25.6 Å². The molecule has 3 aromatic rings. The monoisotopic (exact) mass is 395 g/mol. The molecule has 1 N–H and O–H groups in total. The van der Waals surface area contributed by atoms with Crippen molar-refractivity contribution in [2.24, 2.45) is 0 Å². The summed E-state index contributed by atoms with van der Waals surface area (Å²) in [6.07, 6.45) is 0. The lowest BCUT2D eigenvalue weighted by atomic mass is 10.00. The van der Waals surface area contributed by atoms with Gasteiger partial charge in [-0.3, -0.25) is 9.59 Å². The standard InChI is InChI=1S/C25H21N3O2/c1-17(20-10-6-3-7-11-20)28-23(24(29)27-16-18-8-4-2-5-9-18)22-14-19(15-26)12-13-21(22)25(28)30/h2-14,17,23H,16H2,1H3,(H,27,29)/t17-,23-/m1/s1. The van der Waals surface area contributed by atoms with Gasteiger partial charge in [0.05, 0.1) is 17.7 Å². The summed E-state index contributed by atoms with van der Waals surface area (Å²) in [7, 11) is 0. The average molecular weight is 395 g/mol. The highest BCUT2D eigenvalue weighted by atomic mass is 16.2. The first-order valence-corrected chi connectivity index (χ1v) is 9.83. The van der Waals surface area contributed by atoms with Crippen molar-refractivity contribution in [3.63, 3.8) is 0 Å². The van der Waals surface area contributed by atoms with E-state index in [1.165, 1.54) is 0 Å². The molecule has 2 amide bonds. The third-order valence-corrected chi connectivity index (χ3v) is 5.48. The molecule has 0 fully saturated rings. The van der Waals surface area contributed by atoms with Crippen LogP contribution in [0.3, 0.4) is 0 Å². The number of nitriles is 1. The van der Waals surface area contributed by atoms with Crippen LogP contribution in [0.5, 0.6) is 0 Å². The van der Waals surface area contributed by atoms with Gasteiger partial charge < -0.3 is 10.2 Å². The second kappa shape index (κ2) is 8.22. The molecule has 0 bridgehead atoms. The molecular formula is C25H21N3O2. The van der Waals surface area contributed by atoms with Crippen molar-refractivity contribution in [1.82, 2.24) is 10.2 Å². The van der Waals surface area contributed by atoms with Gasteiger partial charge >= 0.3 is 0 Å². The molecule has 1 aliphatic rings. The quantitative estimate of drug-likeness (QED) is 0.706. The normalized spacial score (nSPS) is 15.9. The van der Waals surface area contributed by atoms with E-state index in [0.29, 0.717) is 23.2 Å². The predicted molar refractivity (Wildman–Crippen MR) is 113 cm³/mol. The second-order valence-electron chi connectivity index (χ2n) is 7.32. The Morgan fingerprint density at radius 1 is 1.07 bits per heavy atom. The third-order valence-electron chi connectivity index (χ3n) is 5.48. The summed E-state index contributed by atoms with van der Waals surface area (Å²) >= 11 is 0. The summed E-state index contributed by atoms with van der Waals surface area (Å²) < 4.78 is 0. The number of hydrogen-bond acceptors (Lipinski definition) is 3. The molecular weight excluding hydrogens is 374 g/mol. The molecule has 0 aliphatic carbocycles. The fourth-order valence-corrected chi connectivity index (χ4v) is 3.90. The van der Waals surface area contributed by atoms with Crippen molar-refractivity contribution >= 4 is 11.8 Å². The van der Waals surface area contributed by atoms with Gasteiger partial charge in [-0.2, -0.15) is 5.26 Å². The van der Waals surface area contributed by atoms with Crippen LogP contribution >= 0.6 is 0 Å². The average Bonchev–Trinajstić information content (AvgIpc) is 3.09. The van der Waals surface area contributed by atoms with Crippen LogP contribution in [0.25, 0.3) is 0 Å². The SMILES string of the molecule is C[C@H](c1ccccc1)N1C(=O)c2ccc(C#N)cc2[C@@H]1C(=O)NCc1ccccc1. The van der Waals surface area contributed by atoms with Gasteiger partial charge in [0.2, 0.25) is 5.91 Å². The Kier molecular flexibility index (Phi) is 5.32. The first-order valence-electron chi connectivity index (χ1n) is 9.83. The summed E-state index contributed by atoms with van der Waals surface area (Å²) in [6, 6.07) is 25.2. The first-order chi connectivity index (χ1) is 14.6. The number of amides is 2. The minimum absolute atomic E-state index is 0.203. The molecule has 0 spiro atoms. The fraction of sp³-hybridized carbons (Fsp3) is 0.160. The molecule has 5 nitrogen and oxygen atoms in total. The van der Waals surface area contributed by atoms with E-state index in [0.717, 1.165) is 11.1 Å². The van der Waals surface area contributed by atoms with Gasteiger partial charge in [0.1, 0.15) is 6.04 Å². The Labute approximate surface area is 175 Å². The van der Waals surface area contributed by atoms with Crippen LogP contribution < -0.4 is 5.32 Å². The zero-order chi connectivity index (χ0) is 21.1. The number of rotatable bonds is 5. The number of nitrogens with zero attached hydrogens (tertiary/aromatic N) is 2. The van der Waals surface area contributed by atoms with Crippen LogP contribution in [0.2, 0.25) is 0 Å². The van der Waals surface area contributed by atoms with Crippen molar-refractivity contribution in [2.75, 3.05) is 0 Å². The number of carbonyl (C=O) groups is 2. The smallest absolute Gasteiger partial charge is 0.255 e. The molecule has 5 heteroatoms. The largest absolute Gasteiger partial charge is 0.350 e. The Morgan fingerprint density at radius 2 is 1.73 bits per heavy atom. The summed E-state index contributed by atoms with van der Waals surface area (Å²) in [4.78, 5) is 28.2. The lowest BCUT2D eigenvalue weighted by molar-refractivity contribution is -0.126. The maximum absolute atomic E-state index is 13.3. The second-order valence-corrected chi connectivity index (χ2v) is 7.32.